The molecular formula is C18H16N6O3. The van der Waals surface area contributed by atoms with Gasteiger partial charge in [-0.25, -0.2) is 0 Å². The summed E-state index contributed by atoms with van der Waals surface area (Å²) in [4.78, 5) is 13.9. The number of hydrogen-bond donors (Lipinski definition) is 1. The van der Waals surface area contributed by atoms with E-state index in [1.54, 1.807) is 23.1 Å². The molecule has 9 heteroatoms. The summed E-state index contributed by atoms with van der Waals surface area (Å²) in [6.07, 6.45) is 4.87. The van der Waals surface area contributed by atoms with Crippen LogP contribution in [0.15, 0.2) is 22.6 Å². The average Bonchev–Trinajstić information content (AvgIpc) is 3.18. The van der Waals surface area contributed by atoms with Crippen molar-refractivity contribution in [3.63, 3.8) is 0 Å². The van der Waals surface area contributed by atoms with Crippen molar-refractivity contribution in [1.29, 1.82) is 10.5 Å². The number of carbonyl (C=O) groups excluding carboxylic acids is 1. The molecule has 9 nitrogen and oxygen atoms in total. The van der Waals surface area contributed by atoms with Gasteiger partial charge < -0.3 is 19.4 Å². The minimum absolute atomic E-state index is 0.123. The molecule has 136 valence electrons. The summed E-state index contributed by atoms with van der Waals surface area (Å²) >= 11 is 0. The molecule has 4 rings (SSSR count). The highest BCUT2D eigenvalue weighted by atomic mass is 16.5. The maximum Gasteiger partial charge on any atom is 0.309 e. The Morgan fingerprint density at radius 1 is 1.30 bits per heavy atom. The monoisotopic (exact) mass is 364 g/mol. The van der Waals surface area contributed by atoms with Gasteiger partial charge in [-0.15, -0.1) is 10.2 Å². The van der Waals surface area contributed by atoms with E-state index < -0.39 is 5.91 Å². The minimum atomic E-state index is -0.486. The van der Waals surface area contributed by atoms with Crippen molar-refractivity contribution in [3.8, 4) is 29.5 Å². The second-order valence-electron chi connectivity index (χ2n) is 6.56. The second kappa shape index (κ2) is 6.96. The van der Waals surface area contributed by atoms with Crippen LogP contribution in [0.25, 0.3) is 11.5 Å². The number of nitrogens with one attached hydrogen (secondary N) is 1. The lowest BCUT2D eigenvalue weighted by Gasteiger charge is -2.10. The largest absolute Gasteiger partial charge is 0.490 e. The Morgan fingerprint density at radius 3 is 2.85 bits per heavy atom. The third kappa shape index (κ3) is 3.67. The lowest BCUT2D eigenvalue weighted by Crippen LogP contribution is -2.36. The molecule has 2 aromatic rings. The number of rotatable bonds is 5. The van der Waals surface area contributed by atoms with E-state index in [0.717, 1.165) is 12.8 Å². The zero-order valence-corrected chi connectivity index (χ0v) is 14.4. The topological polar surface area (TPSA) is 128 Å². The van der Waals surface area contributed by atoms with E-state index in [4.69, 9.17) is 19.7 Å². The zero-order valence-electron chi connectivity index (χ0n) is 14.4. The molecule has 1 aliphatic heterocycles. The van der Waals surface area contributed by atoms with Gasteiger partial charge in [0.25, 0.3) is 5.89 Å². The number of hydrogen-bond acceptors (Lipinski definition) is 8. The standard InChI is InChI=1S/C18H16N6O3/c19-8-11-1-4-15(26-13-2-3-13)14(7-11)17-22-23-18(27-17)16(25)21-12-5-6-24(9-12)10-20/h1,4,7,12-13H,2-3,5-6,9H2,(H,21,25). The van der Waals surface area contributed by atoms with E-state index in [-0.39, 0.29) is 23.9 Å². The highest BCUT2D eigenvalue weighted by Gasteiger charge is 2.28. The number of aromatic nitrogens is 2. The van der Waals surface area contributed by atoms with E-state index in [2.05, 4.69) is 27.8 Å². The normalized spacial score (nSPS) is 18.6. The third-order valence-corrected chi connectivity index (χ3v) is 4.44. The number of amides is 1. The molecule has 2 aliphatic rings. The van der Waals surface area contributed by atoms with Gasteiger partial charge in [-0.1, -0.05) is 0 Å². The molecule has 0 spiro atoms. The van der Waals surface area contributed by atoms with Crippen LogP contribution in [-0.4, -0.2) is 46.2 Å². The molecule has 1 unspecified atom stereocenters. The van der Waals surface area contributed by atoms with Crippen molar-refractivity contribution in [2.75, 3.05) is 13.1 Å². The van der Waals surface area contributed by atoms with E-state index in [0.29, 0.717) is 36.4 Å². The molecular weight excluding hydrogens is 348 g/mol. The molecule has 1 atom stereocenters. The van der Waals surface area contributed by atoms with E-state index in [9.17, 15) is 4.79 Å². The van der Waals surface area contributed by atoms with E-state index in [1.807, 2.05) is 0 Å². The SMILES string of the molecule is N#Cc1ccc(OC2CC2)c(-c2nnc(C(=O)NC3CCN(C#N)C3)o2)c1. The first kappa shape index (κ1) is 16.9. The maximum absolute atomic E-state index is 12.3. The van der Waals surface area contributed by atoms with Crippen molar-refractivity contribution in [2.45, 2.75) is 31.4 Å². The van der Waals surface area contributed by atoms with Crippen LogP contribution in [0.3, 0.4) is 0 Å². The number of carbonyl (C=O) groups is 1. The summed E-state index contributed by atoms with van der Waals surface area (Å²) in [6.45, 7) is 1.08. The smallest absolute Gasteiger partial charge is 0.309 e. The summed E-state index contributed by atoms with van der Waals surface area (Å²) in [7, 11) is 0. The average molecular weight is 364 g/mol. The highest BCUT2D eigenvalue weighted by Crippen LogP contribution is 2.35. The fourth-order valence-corrected chi connectivity index (χ4v) is 2.87. The van der Waals surface area contributed by atoms with Crippen LogP contribution in [-0.2, 0) is 0 Å². The third-order valence-electron chi connectivity index (χ3n) is 4.44. The van der Waals surface area contributed by atoms with Crippen molar-refractivity contribution in [2.24, 2.45) is 0 Å². The van der Waals surface area contributed by atoms with Crippen LogP contribution in [0.5, 0.6) is 5.75 Å². The molecule has 1 N–H and O–H groups in total. The predicted molar refractivity (Wildman–Crippen MR) is 91.2 cm³/mol. The zero-order chi connectivity index (χ0) is 18.8. The van der Waals surface area contributed by atoms with Crippen LogP contribution < -0.4 is 10.1 Å². The molecule has 2 heterocycles. The van der Waals surface area contributed by atoms with Gasteiger partial charge in [0, 0.05) is 19.1 Å². The molecule has 1 amide bonds. The lowest BCUT2D eigenvalue weighted by atomic mass is 10.1. The Bertz CT molecular complexity index is 953. The van der Waals surface area contributed by atoms with Gasteiger partial charge in [-0.05, 0) is 37.5 Å². The predicted octanol–water partition coefficient (Wildman–Crippen LogP) is 1.43. The summed E-state index contributed by atoms with van der Waals surface area (Å²) in [5, 5.41) is 28.6. The Hall–Kier alpha value is -3.59. The van der Waals surface area contributed by atoms with E-state index >= 15 is 0 Å². The summed E-state index contributed by atoms with van der Waals surface area (Å²) in [6, 6.07) is 6.89. The van der Waals surface area contributed by atoms with Crippen LogP contribution in [0.4, 0.5) is 0 Å². The van der Waals surface area contributed by atoms with Crippen LogP contribution in [0, 0.1) is 22.8 Å². The molecule has 1 aromatic heterocycles. The van der Waals surface area contributed by atoms with Crippen molar-refractivity contribution in [1.82, 2.24) is 20.4 Å². The second-order valence-corrected chi connectivity index (χ2v) is 6.56. The summed E-state index contributed by atoms with van der Waals surface area (Å²) in [5.74, 6) is 0.0188. The van der Waals surface area contributed by atoms with Crippen molar-refractivity contribution < 1.29 is 13.9 Å². The number of likely N-dealkylation sites (tertiary alicyclic amines) is 1. The Morgan fingerprint density at radius 2 is 2.15 bits per heavy atom. The van der Waals surface area contributed by atoms with Crippen molar-refractivity contribution in [3.05, 3.63) is 29.7 Å². The first-order chi connectivity index (χ1) is 13.2. The number of nitriles is 2. The van der Waals surface area contributed by atoms with Gasteiger partial charge in [0.15, 0.2) is 6.19 Å². The minimum Gasteiger partial charge on any atom is -0.490 e. The number of nitrogens with zero attached hydrogens (tertiary/aromatic N) is 5. The number of benzene rings is 1. The molecule has 1 saturated carbocycles. The first-order valence-electron chi connectivity index (χ1n) is 8.66. The Balaban J connectivity index is 1.53. The fraction of sp³-hybridized carbons (Fsp3) is 0.389. The van der Waals surface area contributed by atoms with Gasteiger partial charge >= 0.3 is 11.8 Å². The summed E-state index contributed by atoms with van der Waals surface area (Å²) < 4.78 is 11.4. The van der Waals surface area contributed by atoms with Crippen LogP contribution >= 0.6 is 0 Å². The molecule has 1 saturated heterocycles. The molecule has 0 bridgehead atoms. The lowest BCUT2D eigenvalue weighted by molar-refractivity contribution is 0.0904. The number of ether oxygens (including phenoxy) is 1. The quantitative estimate of drug-likeness (QED) is 0.789. The first-order valence-corrected chi connectivity index (χ1v) is 8.66. The molecule has 1 aromatic carbocycles. The fourth-order valence-electron chi connectivity index (χ4n) is 2.87. The van der Waals surface area contributed by atoms with Gasteiger partial charge in [-0.3, -0.25) is 4.79 Å². The Labute approximate surface area is 155 Å². The molecule has 27 heavy (non-hydrogen) atoms. The van der Waals surface area contributed by atoms with Gasteiger partial charge in [-0.2, -0.15) is 10.5 Å². The van der Waals surface area contributed by atoms with Gasteiger partial charge in [0.2, 0.25) is 0 Å². The Kier molecular flexibility index (Phi) is 4.35. The van der Waals surface area contributed by atoms with Gasteiger partial charge in [0.05, 0.1) is 23.3 Å². The van der Waals surface area contributed by atoms with Gasteiger partial charge in [0.1, 0.15) is 5.75 Å². The van der Waals surface area contributed by atoms with Crippen LogP contribution in [0.1, 0.15) is 35.5 Å². The summed E-state index contributed by atoms with van der Waals surface area (Å²) in [5.41, 5.74) is 0.920. The van der Waals surface area contributed by atoms with Crippen LogP contribution in [0.2, 0.25) is 0 Å². The molecule has 0 radical (unpaired) electrons. The van der Waals surface area contributed by atoms with E-state index in [1.165, 1.54) is 0 Å². The van der Waals surface area contributed by atoms with Crippen molar-refractivity contribution >= 4 is 5.91 Å². The molecule has 2 fully saturated rings. The maximum atomic E-state index is 12.3. The highest BCUT2D eigenvalue weighted by molar-refractivity contribution is 5.90. The molecule has 1 aliphatic carbocycles.